The van der Waals surface area contributed by atoms with Crippen LogP contribution in [-0.4, -0.2) is 33.2 Å². The Morgan fingerprint density at radius 3 is 2.56 bits per heavy atom. The number of para-hydroxylation sites is 1. The second-order valence-electron chi connectivity index (χ2n) is 9.63. The van der Waals surface area contributed by atoms with E-state index in [-0.39, 0.29) is 22.6 Å². The highest BCUT2D eigenvalue weighted by molar-refractivity contribution is 6.06. The van der Waals surface area contributed by atoms with Gasteiger partial charge in [0.05, 0.1) is 28.8 Å². The fraction of sp³-hybridized carbons (Fsp3) is 0.308. The average molecular weight is 463 g/mol. The smallest absolute Gasteiger partial charge is 0.336 e. The number of benzene rings is 2. The van der Waals surface area contributed by atoms with E-state index >= 15 is 0 Å². The molecule has 0 spiro atoms. The van der Waals surface area contributed by atoms with Crippen LogP contribution in [0.25, 0.3) is 22.6 Å². The predicted octanol–water partition coefficient (Wildman–Crippen LogP) is 5.70. The molecule has 0 radical (unpaired) electrons. The lowest BCUT2D eigenvalue weighted by molar-refractivity contribution is -0.386. The summed E-state index contributed by atoms with van der Waals surface area (Å²) in [6.45, 7) is 6.34. The highest BCUT2D eigenvalue weighted by Crippen LogP contribution is 2.45. The quantitative estimate of drug-likeness (QED) is 0.376. The highest BCUT2D eigenvalue weighted by Gasteiger charge is 2.35. The molecule has 2 N–H and O–H groups in total. The van der Waals surface area contributed by atoms with Gasteiger partial charge in [0.25, 0.3) is 0 Å². The lowest BCUT2D eigenvalue weighted by Crippen LogP contribution is -2.28. The monoisotopic (exact) mass is 462 g/mol. The molecule has 0 aliphatic heterocycles. The molecule has 1 aliphatic rings. The number of methoxy groups -OCH3 is 1. The first kappa shape index (κ1) is 23.2. The summed E-state index contributed by atoms with van der Waals surface area (Å²) in [5, 5.41) is 32.3. The van der Waals surface area contributed by atoms with Crippen molar-refractivity contribution in [3.8, 4) is 11.5 Å². The normalized spacial score (nSPS) is 16.9. The average Bonchev–Trinajstić information content (AvgIpc) is 2.77. The third-order valence-corrected chi connectivity index (χ3v) is 6.49. The molecule has 1 unspecified atom stereocenters. The Morgan fingerprint density at radius 2 is 1.94 bits per heavy atom. The first-order valence-electron chi connectivity index (χ1n) is 10.9. The molecule has 1 aromatic heterocycles. The minimum atomic E-state index is -1.01. The zero-order valence-corrected chi connectivity index (χ0v) is 19.5. The number of nitro groups is 1. The molecule has 0 amide bonds. The van der Waals surface area contributed by atoms with Gasteiger partial charge in [0.15, 0.2) is 5.75 Å². The predicted molar refractivity (Wildman–Crippen MR) is 129 cm³/mol. The molecule has 0 bridgehead atoms. The topological polar surface area (TPSA) is 123 Å². The first-order chi connectivity index (χ1) is 16.0. The number of ether oxygens (including phenoxy) is 1. The number of fused-ring (bicyclic) bond motifs is 2. The molecule has 3 aromatic rings. The minimum absolute atomic E-state index is 0.0119. The number of allylic oxidation sites excluding steroid dienone is 1. The van der Waals surface area contributed by atoms with Crippen molar-refractivity contribution < 1.29 is 24.7 Å². The summed E-state index contributed by atoms with van der Waals surface area (Å²) in [6, 6.07) is 9.96. The molecule has 1 heterocycles. The summed E-state index contributed by atoms with van der Waals surface area (Å²) in [7, 11) is 1.33. The van der Waals surface area contributed by atoms with E-state index in [9.17, 15) is 25.1 Å². The number of aromatic nitrogens is 1. The molecule has 2 aromatic carbocycles. The second-order valence-corrected chi connectivity index (χ2v) is 9.63. The molecule has 1 atom stereocenters. The van der Waals surface area contributed by atoms with Crippen LogP contribution in [0.5, 0.6) is 11.5 Å². The van der Waals surface area contributed by atoms with Gasteiger partial charge in [-0.2, -0.15) is 0 Å². The molecule has 8 nitrogen and oxygen atoms in total. The third kappa shape index (κ3) is 4.07. The number of nitrogens with zero attached hydrogens (tertiary/aromatic N) is 2. The Morgan fingerprint density at radius 1 is 1.24 bits per heavy atom. The second kappa shape index (κ2) is 8.44. The summed E-state index contributed by atoms with van der Waals surface area (Å²) >= 11 is 0. The third-order valence-electron chi connectivity index (χ3n) is 6.49. The van der Waals surface area contributed by atoms with Crippen LogP contribution in [0, 0.1) is 21.4 Å². The Labute approximate surface area is 196 Å². The maximum atomic E-state index is 12.4. The van der Waals surface area contributed by atoms with Crippen molar-refractivity contribution >= 4 is 34.2 Å². The lowest BCUT2D eigenvalue weighted by Gasteiger charge is -2.36. The van der Waals surface area contributed by atoms with Gasteiger partial charge < -0.3 is 14.9 Å². The van der Waals surface area contributed by atoms with Crippen LogP contribution in [0.4, 0.5) is 5.69 Å². The van der Waals surface area contributed by atoms with E-state index in [0.717, 1.165) is 5.57 Å². The van der Waals surface area contributed by atoms with Gasteiger partial charge in [-0.05, 0) is 59.1 Å². The first-order valence-corrected chi connectivity index (χ1v) is 10.9. The zero-order valence-electron chi connectivity index (χ0n) is 19.5. The van der Waals surface area contributed by atoms with Crippen molar-refractivity contribution in [3.05, 3.63) is 68.9 Å². The summed E-state index contributed by atoms with van der Waals surface area (Å²) in [5.41, 5.74) is 2.75. The van der Waals surface area contributed by atoms with Gasteiger partial charge in [-0.15, -0.1) is 0 Å². The Bertz CT molecular complexity index is 1350. The van der Waals surface area contributed by atoms with Gasteiger partial charge in [0.2, 0.25) is 5.75 Å². The molecule has 34 heavy (non-hydrogen) atoms. The number of aromatic carboxylic acids is 1. The molecular formula is C26H26N2O6. The number of pyridine rings is 1. The number of carboxylic acids is 1. The summed E-state index contributed by atoms with van der Waals surface area (Å²) in [6.07, 6.45) is 2.96. The van der Waals surface area contributed by atoms with Gasteiger partial charge in [-0.1, -0.05) is 39.0 Å². The molecule has 0 saturated carbocycles. The Balaban J connectivity index is 2.01. The zero-order chi connectivity index (χ0) is 24.8. The molecule has 1 aliphatic carbocycles. The van der Waals surface area contributed by atoms with Crippen molar-refractivity contribution in [1.82, 2.24) is 4.98 Å². The van der Waals surface area contributed by atoms with E-state index < -0.39 is 22.3 Å². The number of nitro benzene ring substituents is 1. The molecule has 4 rings (SSSR count). The van der Waals surface area contributed by atoms with Gasteiger partial charge >= 0.3 is 11.7 Å². The van der Waals surface area contributed by atoms with Crippen LogP contribution in [0.15, 0.2) is 36.4 Å². The van der Waals surface area contributed by atoms with E-state index in [2.05, 4.69) is 20.8 Å². The van der Waals surface area contributed by atoms with Crippen molar-refractivity contribution in [2.75, 3.05) is 7.11 Å². The summed E-state index contributed by atoms with van der Waals surface area (Å²) in [4.78, 5) is 28.0. The van der Waals surface area contributed by atoms with Crippen molar-refractivity contribution in [3.63, 3.8) is 0 Å². The number of carboxylic acid groups (broad SMARTS) is 1. The molecule has 8 heteroatoms. The van der Waals surface area contributed by atoms with E-state index in [1.165, 1.54) is 19.2 Å². The Hall–Kier alpha value is -3.94. The maximum absolute atomic E-state index is 12.4. The summed E-state index contributed by atoms with van der Waals surface area (Å²) in [5.74, 6) is -1.43. The van der Waals surface area contributed by atoms with Gasteiger partial charge in [0.1, 0.15) is 0 Å². The molecular weight excluding hydrogens is 436 g/mol. The minimum Gasteiger partial charge on any atom is -0.500 e. The van der Waals surface area contributed by atoms with Crippen molar-refractivity contribution in [2.45, 2.75) is 33.6 Å². The standard InChI is InChI=1S/C26H26N2O6/c1-26(2,3)16-12-15(9-14-10-20(28(32)33)24(29)21(11-14)34-4)23-18(13-16)22(25(30)31)17-7-5-6-8-19(17)27-23/h5-11,16,29H,12-13H2,1-4H3,(H,30,31)/b15-9+. The van der Waals surface area contributed by atoms with Crippen LogP contribution in [0.3, 0.4) is 0 Å². The molecule has 0 fully saturated rings. The van der Waals surface area contributed by atoms with Crippen molar-refractivity contribution in [1.29, 1.82) is 0 Å². The van der Waals surface area contributed by atoms with Crippen LogP contribution in [0.2, 0.25) is 0 Å². The lowest BCUT2D eigenvalue weighted by atomic mass is 9.69. The van der Waals surface area contributed by atoms with E-state index in [4.69, 9.17) is 9.72 Å². The highest BCUT2D eigenvalue weighted by atomic mass is 16.6. The molecule has 176 valence electrons. The SMILES string of the molecule is COc1cc(/C=C2\CC(C(C)(C)C)Cc3c2nc2ccccc2c3C(=O)O)cc([N+](=O)[O-])c1O. The fourth-order valence-electron chi connectivity index (χ4n) is 4.57. The van der Waals surface area contributed by atoms with Crippen LogP contribution in [0.1, 0.15) is 54.4 Å². The van der Waals surface area contributed by atoms with Gasteiger partial charge in [-0.25, -0.2) is 9.78 Å². The number of phenols is 1. The van der Waals surface area contributed by atoms with E-state index in [1.54, 1.807) is 24.3 Å². The van der Waals surface area contributed by atoms with Crippen LogP contribution < -0.4 is 4.74 Å². The Kier molecular flexibility index (Phi) is 5.77. The number of rotatable bonds is 4. The number of hydrogen-bond acceptors (Lipinski definition) is 6. The van der Waals surface area contributed by atoms with Gasteiger partial charge in [-0.3, -0.25) is 10.1 Å². The van der Waals surface area contributed by atoms with E-state index in [1.807, 2.05) is 6.07 Å². The largest absolute Gasteiger partial charge is 0.500 e. The number of hydrogen-bond donors (Lipinski definition) is 2. The fourth-order valence-corrected chi connectivity index (χ4v) is 4.57. The summed E-state index contributed by atoms with van der Waals surface area (Å²) < 4.78 is 5.14. The number of phenolic OH excluding ortho intramolecular Hbond substituents is 1. The number of carbonyl (C=O) groups is 1. The van der Waals surface area contributed by atoms with Crippen LogP contribution in [-0.2, 0) is 6.42 Å². The van der Waals surface area contributed by atoms with Crippen molar-refractivity contribution in [2.24, 2.45) is 11.3 Å². The van der Waals surface area contributed by atoms with Crippen LogP contribution >= 0.6 is 0 Å². The number of aromatic hydroxyl groups is 1. The molecule has 0 saturated heterocycles. The van der Waals surface area contributed by atoms with E-state index in [0.29, 0.717) is 40.6 Å². The maximum Gasteiger partial charge on any atom is 0.336 e. The van der Waals surface area contributed by atoms with Gasteiger partial charge in [0, 0.05) is 11.5 Å².